The van der Waals surface area contributed by atoms with Crippen LogP contribution in [0.5, 0.6) is 5.75 Å². The molecule has 3 aromatic carbocycles. The van der Waals surface area contributed by atoms with Crippen molar-refractivity contribution in [1.82, 2.24) is 9.55 Å². The van der Waals surface area contributed by atoms with E-state index in [0.29, 0.717) is 12.4 Å². The van der Waals surface area contributed by atoms with Gasteiger partial charge in [-0.3, -0.25) is 4.79 Å². The zero-order valence-corrected chi connectivity index (χ0v) is 20.9. The van der Waals surface area contributed by atoms with Crippen LogP contribution in [0.25, 0.3) is 11.0 Å². The van der Waals surface area contributed by atoms with E-state index in [4.69, 9.17) is 14.5 Å². The molecular weight excluding hydrogens is 438 g/mol. The maximum Gasteiger partial charge on any atom is 0.247 e. The van der Waals surface area contributed by atoms with E-state index < -0.39 is 0 Å². The quantitative estimate of drug-likeness (QED) is 0.304. The van der Waals surface area contributed by atoms with Crippen molar-refractivity contribution < 1.29 is 14.3 Å². The molecule has 0 spiro atoms. The molecule has 1 amide bonds. The number of ether oxygens (including phenoxy) is 2. The molecule has 0 aliphatic carbocycles. The monoisotopic (exact) mass is 471 g/mol. The molecule has 0 unspecified atom stereocenters. The Hall–Kier alpha value is -3.64. The number of nitrogens with zero attached hydrogens (tertiary/aromatic N) is 3. The number of para-hydroxylation sites is 4. The summed E-state index contributed by atoms with van der Waals surface area (Å²) in [6.45, 7) is 7.06. The second-order valence-corrected chi connectivity index (χ2v) is 8.71. The van der Waals surface area contributed by atoms with Gasteiger partial charge in [-0.15, -0.1) is 0 Å². The third kappa shape index (κ3) is 5.38. The molecule has 6 nitrogen and oxygen atoms in total. The predicted molar refractivity (Wildman–Crippen MR) is 140 cm³/mol. The molecule has 0 bridgehead atoms. The third-order valence-corrected chi connectivity index (χ3v) is 6.20. The van der Waals surface area contributed by atoms with Crippen molar-refractivity contribution in [2.45, 2.75) is 46.4 Å². The summed E-state index contributed by atoms with van der Waals surface area (Å²) in [7, 11) is 1.67. The minimum atomic E-state index is -0.127. The van der Waals surface area contributed by atoms with Crippen molar-refractivity contribution in [3.63, 3.8) is 0 Å². The fraction of sp³-hybridized carbons (Fsp3) is 0.310. The smallest absolute Gasteiger partial charge is 0.247 e. The molecule has 0 saturated heterocycles. The van der Waals surface area contributed by atoms with Gasteiger partial charge in [0.2, 0.25) is 5.91 Å². The van der Waals surface area contributed by atoms with Crippen LogP contribution >= 0.6 is 0 Å². The lowest BCUT2D eigenvalue weighted by atomic mass is 10.0. The van der Waals surface area contributed by atoms with Crippen LogP contribution < -0.4 is 9.64 Å². The van der Waals surface area contributed by atoms with Gasteiger partial charge < -0.3 is 18.9 Å². The predicted octanol–water partition coefficient (Wildman–Crippen LogP) is 5.55. The van der Waals surface area contributed by atoms with E-state index >= 15 is 0 Å². The summed E-state index contributed by atoms with van der Waals surface area (Å²) in [5.41, 5.74) is 4.94. The van der Waals surface area contributed by atoms with Crippen molar-refractivity contribution in [2.24, 2.45) is 0 Å². The lowest BCUT2D eigenvalue weighted by Crippen LogP contribution is -2.44. The Morgan fingerprint density at radius 3 is 2.51 bits per heavy atom. The number of hydrogen-bond donors (Lipinski definition) is 0. The Balaban J connectivity index is 1.71. The molecule has 0 aliphatic rings. The van der Waals surface area contributed by atoms with Gasteiger partial charge in [0.25, 0.3) is 0 Å². The van der Waals surface area contributed by atoms with Crippen LogP contribution in [0.15, 0.2) is 72.8 Å². The molecule has 0 N–H and O–H groups in total. The Morgan fingerprint density at radius 1 is 1.03 bits per heavy atom. The minimum Gasteiger partial charge on any atom is -0.486 e. The molecule has 182 valence electrons. The number of rotatable bonds is 10. The first kappa shape index (κ1) is 24.5. The zero-order chi connectivity index (χ0) is 24.8. The van der Waals surface area contributed by atoms with E-state index in [1.54, 1.807) is 7.11 Å². The van der Waals surface area contributed by atoms with Gasteiger partial charge >= 0.3 is 0 Å². The number of anilines is 1. The fourth-order valence-electron chi connectivity index (χ4n) is 4.54. The van der Waals surface area contributed by atoms with Gasteiger partial charge in [-0.2, -0.15) is 0 Å². The van der Waals surface area contributed by atoms with Crippen molar-refractivity contribution in [3.05, 3.63) is 89.7 Å². The van der Waals surface area contributed by atoms with Gasteiger partial charge in [0.15, 0.2) is 0 Å². The standard InChI is InChI=1S/C29H33N3O3/c1-5-23-13-11-12-21(2)29(23)32(22(3)19-34-4)28(33)18-31-26-17-10-9-16-25(26)30-27(31)20-35-24-14-7-6-8-15-24/h6-17,22H,5,18-20H2,1-4H3/t22-/m1/s1. The lowest BCUT2D eigenvalue weighted by molar-refractivity contribution is -0.119. The Morgan fingerprint density at radius 2 is 1.77 bits per heavy atom. The number of imidazole rings is 1. The molecule has 35 heavy (non-hydrogen) atoms. The van der Waals surface area contributed by atoms with Crippen molar-refractivity contribution in [2.75, 3.05) is 18.6 Å². The molecule has 4 aromatic rings. The van der Waals surface area contributed by atoms with Crippen LogP contribution in [-0.2, 0) is 29.1 Å². The van der Waals surface area contributed by atoms with Crippen molar-refractivity contribution in [1.29, 1.82) is 0 Å². The van der Waals surface area contributed by atoms with Crippen LogP contribution in [0.2, 0.25) is 0 Å². The van der Waals surface area contributed by atoms with Crippen LogP contribution in [0.1, 0.15) is 30.8 Å². The molecule has 1 aromatic heterocycles. The summed E-state index contributed by atoms with van der Waals surface area (Å²) in [5.74, 6) is 1.46. The topological polar surface area (TPSA) is 56.6 Å². The van der Waals surface area contributed by atoms with Gasteiger partial charge in [-0.25, -0.2) is 4.98 Å². The summed E-state index contributed by atoms with van der Waals surface area (Å²) in [5, 5.41) is 0. The van der Waals surface area contributed by atoms with Gasteiger partial charge in [0, 0.05) is 7.11 Å². The van der Waals surface area contributed by atoms with E-state index in [-0.39, 0.29) is 25.1 Å². The average Bonchev–Trinajstić information content (AvgIpc) is 3.22. The first-order valence-electron chi connectivity index (χ1n) is 12.0. The average molecular weight is 472 g/mol. The second-order valence-electron chi connectivity index (χ2n) is 8.71. The second kappa shape index (κ2) is 11.2. The highest BCUT2D eigenvalue weighted by Crippen LogP contribution is 2.29. The molecule has 1 atom stereocenters. The first-order valence-corrected chi connectivity index (χ1v) is 12.0. The summed E-state index contributed by atoms with van der Waals surface area (Å²) < 4.78 is 13.4. The molecule has 6 heteroatoms. The lowest BCUT2D eigenvalue weighted by Gasteiger charge is -2.32. The van der Waals surface area contributed by atoms with E-state index in [0.717, 1.165) is 40.0 Å². The molecule has 4 rings (SSSR count). The first-order chi connectivity index (χ1) is 17.0. The Kier molecular flexibility index (Phi) is 7.83. The van der Waals surface area contributed by atoms with Crippen LogP contribution in [0.4, 0.5) is 5.69 Å². The van der Waals surface area contributed by atoms with E-state index in [1.165, 1.54) is 0 Å². The minimum absolute atomic E-state index is 0.0114. The number of benzene rings is 3. The maximum atomic E-state index is 14.0. The SMILES string of the molecule is CCc1cccc(C)c1N(C(=O)Cn1c(COc2ccccc2)nc2ccccc21)[C@H](C)COC. The molecule has 0 aliphatic heterocycles. The molecule has 1 heterocycles. The highest BCUT2D eigenvalue weighted by molar-refractivity contribution is 5.96. The molecular formula is C29H33N3O3. The third-order valence-electron chi connectivity index (χ3n) is 6.20. The zero-order valence-electron chi connectivity index (χ0n) is 20.9. The molecule has 0 fully saturated rings. The van der Waals surface area contributed by atoms with Crippen LogP contribution in [0, 0.1) is 6.92 Å². The molecule has 0 radical (unpaired) electrons. The van der Waals surface area contributed by atoms with Crippen LogP contribution in [0.3, 0.4) is 0 Å². The fourth-order valence-corrected chi connectivity index (χ4v) is 4.54. The summed E-state index contributed by atoms with van der Waals surface area (Å²) in [6.07, 6.45) is 0.838. The molecule has 0 saturated carbocycles. The number of carbonyl (C=O) groups excluding carboxylic acids is 1. The number of methoxy groups -OCH3 is 1. The van der Waals surface area contributed by atoms with Gasteiger partial charge in [-0.1, -0.05) is 55.5 Å². The van der Waals surface area contributed by atoms with Gasteiger partial charge in [0.1, 0.15) is 24.7 Å². The van der Waals surface area contributed by atoms with Crippen molar-refractivity contribution in [3.8, 4) is 5.75 Å². The largest absolute Gasteiger partial charge is 0.486 e. The summed E-state index contributed by atoms with van der Waals surface area (Å²) >= 11 is 0. The normalized spacial score (nSPS) is 12.0. The number of amides is 1. The highest BCUT2D eigenvalue weighted by Gasteiger charge is 2.27. The van der Waals surface area contributed by atoms with Crippen LogP contribution in [-0.4, -0.2) is 35.2 Å². The van der Waals surface area contributed by atoms with E-state index in [9.17, 15) is 4.79 Å². The number of aryl methyl sites for hydroxylation is 2. The number of fused-ring (bicyclic) bond motifs is 1. The number of carbonyl (C=O) groups is 1. The number of hydrogen-bond acceptors (Lipinski definition) is 4. The van der Waals surface area contributed by atoms with Crippen molar-refractivity contribution >= 4 is 22.6 Å². The van der Waals surface area contributed by atoms with E-state index in [1.807, 2.05) is 77.1 Å². The summed E-state index contributed by atoms with van der Waals surface area (Å²) in [4.78, 5) is 20.7. The Bertz CT molecular complexity index is 1280. The Labute approximate surface area is 207 Å². The summed E-state index contributed by atoms with van der Waals surface area (Å²) in [6, 6.07) is 23.6. The van der Waals surface area contributed by atoms with E-state index in [2.05, 4.69) is 26.0 Å². The number of aromatic nitrogens is 2. The maximum absolute atomic E-state index is 14.0. The van der Waals surface area contributed by atoms with Gasteiger partial charge in [0.05, 0.1) is 29.4 Å². The highest BCUT2D eigenvalue weighted by atomic mass is 16.5. The van der Waals surface area contributed by atoms with Gasteiger partial charge in [-0.05, 0) is 55.7 Å².